The van der Waals surface area contributed by atoms with Gasteiger partial charge >= 0.3 is 17.9 Å². The zero-order valence-electron chi connectivity index (χ0n) is 14.8. The van der Waals surface area contributed by atoms with Crippen LogP contribution in [0.4, 0.5) is 0 Å². The van der Waals surface area contributed by atoms with Gasteiger partial charge in [0.25, 0.3) is 10.1 Å². The molecule has 0 aromatic heterocycles. The van der Waals surface area contributed by atoms with Crippen molar-refractivity contribution in [2.45, 2.75) is 32.3 Å². The van der Waals surface area contributed by atoms with Gasteiger partial charge in [-0.1, -0.05) is 26.0 Å². The smallest absolute Gasteiger partial charge is 0.344 e. The first kappa shape index (κ1) is 22.5. The predicted molar refractivity (Wildman–Crippen MR) is 90.3 cm³/mol. The van der Waals surface area contributed by atoms with Crippen LogP contribution in [0.1, 0.15) is 31.1 Å². The Kier molecular flexibility index (Phi) is 7.88. The van der Waals surface area contributed by atoms with Crippen molar-refractivity contribution < 1.29 is 46.7 Å². The molecule has 2 atom stereocenters. The van der Waals surface area contributed by atoms with Crippen LogP contribution in [0, 0.1) is 5.92 Å². The maximum atomic E-state index is 12.2. The fraction of sp³-hybridized carbons (Fsp3) is 0.438. The largest absolute Gasteiger partial charge is 0.464 e. The number of aliphatic hydroxyl groups is 1. The Hall–Kier alpha value is -2.50. The van der Waals surface area contributed by atoms with Crippen molar-refractivity contribution >= 4 is 28.0 Å². The quantitative estimate of drug-likeness (QED) is 0.271. The summed E-state index contributed by atoms with van der Waals surface area (Å²) in [6.45, 7) is 3.16. The molecule has 1 rings (SSSR count). The number of rotatable bonds is 8. The SMILES string of the molecule is CC(=O)Oc1ccccc1C(=O)OC(O)C(COC(=O)C(C)C)S(=O)(=O)O. The molecule has 0 heterocycles. The molecule has 11 heteroatoms. The van der Waals surface area contributed by atoms with Crippen LogP contribution >= 0.6 is 0 Å². The molecular weight excluding hydrogens is 384 g/mol. The number of esters is 3. The van der Waals surface area contributed by atoms with Crippen LogP contribution in [0.5, 0.6) is 5.75 Å². The molecule has 2 unspecified atom stereocenters. The molecule has 1 aromatic carbocycles. The first-order valence-electron chi connectivity index (χ1n) is 7.73. The number of para-hydroxylation sites is 1. The van der Waals surface area contributed by atoms with Gasteiger partial charge in [-0.25, -0.2) is 4.79 Å². The van der Waals surface area contributed by atoms with E-state index in [-0.39, 0.29) is 11.3 Å². The lowest BCUT2D eigenvalue weighted by molar-refractivity contribution is -0.149. The van der Waals surface area contributed by atoms with Crippen molar-refractivity contribution in [3.05, 3.63) is 29.8 Å². The Labute approximate surface area is 155 Å². The molecular formula is C16H20O10S. The third-order valence-electron chi connectivity index (χ3n) is 3.15. The molecule has 2 N–H and O–H groups in total. The van der Waals surface area contributed by atoms with Gasteiger partial charge in [-0.15, -0.1) is 0 Å². The van der Waals surface area contributed by atoms with Crippen molar-refractivity contribution in [3.8, 4) is 5.75 Å². The number of hydrogen-bond donors (Lipinski definition) is 2. The average molecular weight is 404 g/mol. The molecule has 0 saturated carbocycles. The first-order chi connectivity index (χ1) is 12.4. The summed E-state index contributed by atoms with van der Waals surface area (Å²) in [5.41, 5.74) is -0.264. The molecule has 0 aliphatic carbocycles. The lowest BCUT2D eigenvalue weighted by Crippen LogP contribution is -2.41. The Balaban J connectivity index is 2.95. The standard InChI is InChI=1S/C16H20O10S/c1-9(2)14(18)24-8-13(27(21,22)23)16(20)26-15(19)11-6-4-5-7-12(11)25-10(3)17/h4-7,9,13,16,20H,8H2,1-3H3,(H,21,22,23). The van der Waals surface area contributed by atoms with Gasteiger partial charge in [-0.2, -0.15) is 8.42 Å². The van der Waals surface area contributed by atoms with Crippen LogP contribution in [-0.2, 0) is 29.2 Å². The van der Waals surface area contributed by atoms with Crippen LogP contribution in [0.2, 0.25) is 0 Å². The summed E-state index contributed by atoms with van der Waals surface area (Å²) < 4.78 is 46.2. The number of carbonyl (C=O) groups is 3. The summed E-state index contributed by atoms with van der Waals surface area (Å²) in [4.78, 5) is 34.7. The molecule has 10 nitrogen and oxygen atoms in total. The van der Waals surface area contributed by atoms with Crippen molar-refractivity contribution in [2.75, 3.05) is 6.61 Å². The molecule has 0 radical (unpaired) electrons. The van der Waals surface area contributed by atoms with Gasteiger partial charge < -0.3 is 19.3 Å². The van der Waals surface area contributed by atoms with Gasteiger partial charge in [0.2, 0.25) is 6.29 Å². The van der Waals surface area contributed by atoms with Crippen molar-refractivity contribution in [3.63, 3.8) is 0 Å². The fourth-order valence-electron chi connectivity index (χ4n) is 1.77. The van der Waals surface area contributed by atoms with E-state index < -0.39 is 52.1 Å². The zero-order chi connectivity index (χ0) is 20.8. The molecule has 0 aliphatic heterocycles. The Morgan fingerprint density at radius 1 is 1.15 bits per heavy atom. The summed E-state index contributed by atoms with van der Waals surface area (Å²) in [6, 6.07) is 5.39. The van der Waals surface area contributed by atoms with Gasteiger partial charge in [0.05, 0.1) is 5.92 Å². The van der Waals surface area contributed by atoms with Crippen LogP contribution in [-0.4, -0.2) is 54.1 Å². The second kappa shape index (κ2) is 9.44. The zero-order valence-corrected chi connectivity index (χ0v) is 15.6. The number of benzene rings is 1. The molecule has 27 heavy (non-hydrogen) atoms. The minimum Gasteiger partial charge on any atom is -0.464 e. The molecule has 0 aliphatic rings. The highest BCUT2D eigenvalue weighted by Crippen LogP contribution is 2.21. The molecule has 0 saturated heterocycles. The molecule has 150 valence electrons. The van der Waals surface area contributed by atoms with Crippen molar-refractivity contribution in [1.82, 2.24) is 0 Å². The third-order valence-corrected chi connectivity index (χ3v) is 4.28. The van der Waals surface area contributed by atoms with Gasteiger partial charge in [0.1, 0.15) is 17.9 Å². The normalized spacial score (nSPS) is 13.6. The molecule has 0 bridgehead atoms. The van der Waals surface area contributed by atoms with E-state index >= 15 is 0 Å². The Bertz CT molecular complexity index is 799. The number of aliphatic hydroxyl groups excluding tert-OH is 1. The number of hydrogen-bond acceptors (Lipinski definition) is 9. The van der Waals surface area contributed by atoms with Crippen LogP contribution in [0.15, 0.2) is 24.3 Å². The van der Waals surface area contributed by atoms with E-state index in [1.807, 2.05) is 0 Å². The van der Waals surface area contributed by atoms with E-state index in [9.17, 15) is 32.5 Å². The van der Waals surface area contributed by atoms with E-state index in [4.69, 9.17) is 4.74 Å². The summed E-state index contributed by atoms with van der Waals surface area (Å²) in [7, 11) is -4.93. The molecule has 0 spiro atoms. The van der Waals surface area contributed by atoms with Crippen molar-refractivity contribution in [2.24, 2.45) is 5.92 Å². The molecule has 0 amide bonds. The minimum absolute atomic E-state index is 0.170. The lowest BCUT2D eigenvalue weighted by atomic mass is 10.2. The molecule has 0 fully saturated rings. The second-order valence-electron chi connectivity index (χ2n) is 5.72. The van der Waals surface area contributed by atoms with E-state index in [0.717, 1.165) is 6.92 Å². The highest BCUT2D eigenvalue weighted by atomic mass is 32.2. The Morgan fingerprint density at radius 3 is 2.26 bits per heavy atom. The Morgan fingerprint density at radius 2 is 1.74 bits per heavy atom. The maximum absolute atomic E-state index is 12.2. The topological polar surface area (TPSA) is 154 Å². The average Bonchev–Trinajstić information content (AvgIpc) is 2.53. The monoisotopic (exact) mass is 404 g/mol. The summed E-state index contributed by atoms with van der Waals surface area (Å²) in [5, 5.41) is 7.80. The summed E-state index contributed by atoms with van der Waals surface area (Å²) >= 11 is 0. The van der Waals surface area contributed by atoms with Gasteiger partial charge in [-0.3, -0.25) is 14.1 Å². The highest BCUT2D eigenvalue weighted by Gasteiger charge is 2.36. The molecule has 1 aromatic rings. The fourth-order valence-corrected chi connectivity index (χ4v) is 2.36. The van der Waals surface area contributed by atoms with Crippen LogP contribution < -0.4 is 4.74 Å². The first-order valence-corrected chi connectivity index (χ1v) is 9.23. The minimum atomic E-state index is -4.93. The van der Waals surface area contributed by atoms with Gasteiger partial charge in [-0.05, 0) is 12.1 Å². The predicted octanol–water partition coefficient (Wildman–Crippen LogP) is 0.543. The van der Waals surface area contributed by atoms with Crippen molar-refractivity contribution in [1.29, 1.82) is 0 Å². The van der Waals surface area contributed by atoms with Gasteiger partial charge in [0.15, 0.2) is 5.25 Å². The van der Waals surface area contributed by atoms with E-state index in [0.29, 0.717) is 0 Å². The lowest BCUT2D eigenvalue weighted by Gasteiger charge is -2.21. The highest BCUT2D eigenvalue weighted by molar-refractivity contribution is 7.86. The number of ether oxygens (including phenoxy) is 3. The van der Waals surface area contributed by atoms with Crippen LogP contribution in [0.3, 0.4) is 0 Å². The van der Waals surface area contributed by atoms with E-state index in [2.05, 4.69) is 9.47 Å². The van der Waals surface area contributed by atoms with E-state index in [1.54, 1.807) is 0 Å². The van der Waals surface area contributed by atoms with E-state index in [1.165, 1.54) is 38.1 Å². The summed E-state index contributed by atoms with van der Waals surface area (Å²) in [6.07, 6.45) is -2.35. The maximum Gasteiger partial charge on any atom is 0.344 e. The van der Waals surface area contributed by atoms with Gasteiger partial charge in [0, 0.05) is 6.92 Å². The third kappa shape index (κ3) is 6.96. The van der Waals surface area contributed by atoms with Crippen LogP contribution in [0.25, 0.3) is 0 Å². The summed E-state index contributed by atoms with van der Waals surface area (Å²) in [5.74, 6) is -3.46. The number of carbonyl (C=O) groups excluding carboxylic acids is 3. The second-order valence-corrected chi connectivity index (χ2v) is 7.36.